The van der Waals surface area contributed by atoms with E-state index in [1.54, 1.807) is 0 Å². The van der Waals surface area contributed by atoms with Crippen LogP contribution in [0, 0.1) is 0 Å². The van der Waals surface area contributed by atoms with Gasteiger partial charge in [0.15, 0.2) is 17.5 Å². The fraction of sp³-hybridized carbons (Fsp3) is 0. The van der Waals surface area contributed by atoms with Crippen LogP contribution in [0.4, 0.5) is 0 Å². The molecule has 0 spiro atoms. The first-order chi connectivity index (χ1) is 28.8. The molecular formula is C55H35N3. The second-order valence-electron chi connectivity index (χ2n) is 14.7. The standard InChI is InChI=1S/C55H35N3/c1-4-18-36(19-5-1)40-32-16-24-38-25-17-33-49(50(38)40)55-57-53(39-22-8-3-9-23-39)56-54(58-55)48-35-34-47(41-26-10-11-27-42(41)48)52-45-30-14-12-28-43(45)51(37-20-6-2-7-21-37)44-29-13-15-31-46(44)52/h1-35H. The van der Waals surface area contributed by atoms with Gasteiger partial charge in [-0.15, -0.1) is 0 Å². The van der Waals surface area contributed by atoms with E-state index in [0.29, 0.717) is 17.5 Å². The fourth-order valence-electron chi connectivity index (χ4n) is 8.77. The molecule has 1 aromatic heterocycles. The number of rotatable bonds is 6. The van der Waals surface area contributed by atoms with E-state index in [-0.39, 0.29) is 0 Å². The summed E-state index contributed by atoms with van der Waals surface area (Å²) in [4.78, 5) is 15.8. The second kappa shape index (κ2) is 14.1. The van der Waals surface area contributed by atoms with E-state index < -0.39 is 0 Å². The van der Waals surface area contributed by atoms with Crippen molar-refractivity contribution in [1.29, 1.82) is 0 Å². The Kier molecular flexibility index (Phi) is 8.15. The fourth-order valence-corrected chi connectivity index (χ4v) is 8.77. The molecule has 0 radical (unpaired) electrons. The van der Waals surface area contributed by atoms with Crippen molar-refractivity contribution in [2.75, 3.05) is 0 Å². The van der Waals surface area contributed by atoms with Gasteiger partial charge in [-0.2, -0.15) is 0 Å². The quantitative estimate of drug-likeness (QED) is 0.160. The first kappa shape index (κ1) is 33.6. The average Bonchev–Trinajstić information content (AvgIpc) is 3.31. The minimum absolute atomic E-state index is 0.634. The molecule has 0 atom stereocenters. The molecule has 0 aliphatic carbocycles. The van der Waals surface area contributed by atoms with E-state index in [0.717, 1.165) is 49.4 Å². The molecule has 0 saturated heterocycles. The van der Waals surface area contributed by atoms with Crippen LogP contribution in [0.15, 0.2) is 212 Å². The molecule has 0 aliphatic heterocycles. The summed E-state index contributed by atoms with van der Waals surface area (Å²) in [5.74, 6) is 1.91. The lowest BCUT2D eigenvalue weighted by atomic mass is 9.84. The predicted octanol–water partition coefficient (Wildman–Crippen LogP) is 14.5. The zero-order valence-electron chi connectivity index (χ0n) is 31.5. The number of hydrogen-bond donors (Lipinski definition) is 0. The summed E-state index contributed by atoms with van der Waals surface area (Å²) in [5, 5.41) is 9.38. The maximum atomic E-state index is 5.36. The van der Waals surface area contributed by atoms with Gasteiger partial charge in [0.05, 0.1) is 0 Å². The van der Waals surface area contributed by atoms with Crippen molar-refractivity contribution in [3.63, 3.8) is 0 Å². The van der Waals surface area contributed by atoms with Gasteiger partial charge in [-0.25, -0.2) is 15.0 Å². The van der Waals surface area contributed by atoms with Gasteiger partial charge in [0.2, 0.25) is 0 Å². The zero-order chi connectivity index (χ0) is 38.4. The Morgan fingerprint density at radius 1 is 0.224 bits per heavy atom. The molecule has 0 N–H and O–H groups in total. The highest BCUT2D eigenvalue weighted by molar-refractivity contribution is 6.24. The summed E-state index contributed by atoms with van der Waals surface area (Å²) in [6.07, 6.45) is 0. The number of nitrogens with zero attached hydrogens (tertiary/aromatic N) is 3. The molecular weight excluding hydrogens is 703 g/mol. The molecule has 1 heterocycles. The minimum atomic E-state index is 0.634. The van der Waals surface area contributed by atoms with Gasteiger partial charge in [-0.3, -0.25) is 0 Å². The molecule has 0 bridgehead atoms. The van der Waals surface area contributed by atoms with Gasteiger partial charge >= 0.3 is 0 Å². The van der Waals surface area contributed by atoms with E-state index in [9.17, 15) is 0 Å². The molecule has 0 unspecified atom stereocenters. The van der Waals surface area contributed by atoms with Gasteiger partial charge < -0.3 is 0 Å². The van der Waals surface area contributed by atoms with E-state index in [1.807, 2.05) is 18.2 Å². The third kappa shape index (κ3) is 5.64. The molecule has 0 fully saturated rings. The van der Waals surface area contributed by atoms with E-state index in [4.69, 9.17) is 15.0 Å². The Hall–Kier alpha value is -7.75. The zero-order valence-corrected chi connectivity index (χ0v) is 31.5. The number of fused-ring (bicyclic) bond motifs is 4. The van der Waals surface area contributed by atoms with E-state index in [2.05, 4.69) is 194 Å². The van der Waals surface area contributed by atoms with Gasteiger partial charge in [-0.05, 0) is 77.2 Å². The van der Waals surface area contributed by atoms with Crippen LogP contribution in [0.3, 0.4) is 0 Å². The van der Waals surface area contributed by atoms with E-state index >= 15 is 0 Å². The molecule has 3 nitrogen and oxygen atoms in total. The first-order valence-electron chi connectivity index (χ1n) is 19.7. The second-order valence-corrected chi connectivity index (χ2v) is 14.7. The van der Waals surface area contributed by atoms with Crippen molar-refractivity contribution in [2.45, 2.75) is 0 Å². The maximum Gasteiger partial charge on any atom is 0.164 e. The lowest BCUT2D eigenvalue weighted by Crippen LogP contribution is -2.01. The van der Waals surface area contributed by atoms with E-state index in [1.165, 1.54) is 43.8 Å². The summed E-state index contributed by atoms with van der Waals surface area (Å²) in [6.45, 7) is 0. The molecule has 3 heteroatoms. The minimum Gasteiger partial charge on any atom is -0.208 e. The normalized spacial score (nSPS) is 11.4. The van der Waals surface area contributed by atoms with Crippen LogP contribution in [0.5, 0.6) is 0 Å². The average molecular weight is 738 g/mol. The van der Waals surface area contributed by atoms with Crippen LogP contribution in [-0.2, 0) is 0 Å². The number of aromatic nitrogens is 3. The SMILES string of the molecule is c1ccc(-c2nc(-c3ccc(-c4c5ccccc5c(-c5ccccc5)c5ccccc45)c4ccccc34)nc(-c3cccc4cccc(-c5ccccc5)c34)n2)cc1. The Morgan fingerprint density at radius 2 is 0.638 bits per heavy atom. The lowest BCUT2D eigenvalue weighted by Gasteiger charge is -2.19. The summed E-state index contributed by atoms with van der Waals surface area (Å²) >= 11 is 0. The van der Waals surface area contributed by atoms with Crippen LogP contribution < -0.4 is 0 Å². The highest BCUT2D eigenvalue weighted by Crippen LogP contribution is 2.46. The topological polar surface area (TPSA) is 38.7 Å². The molecule has 270 valence electrons. The molecule has 58 heavy (non-hydrogen) atoms. The largest absolute Gasteiger partial charge is 0.208 e. The first-order valence-corrected chi connectivity index (χ1v) is 19.7. The number of hydrogen-bond acceptors (Lipinski definition) is 3. The summed E-state index contributed by atoms with van der Waals surface area (Å²) < 4.78 is 0. The Bertz CT molecular complexity index is 3260. The van der Waals surface area contributed by atoms with Crippen LogP contribution in [0.25, 0.3) is 111 Å². The van der Waals surface area contributed by atoms with Crippen LogP contribution in [0.2, 0.25) is 0 Å². The third-order valence-corrected chi connectivity index (χ3v) is 11.3. The van der Waals surface area contributed by atoms with Gasteiger partial charge in [0, 0.05) is 22.1 Å². The van der Waals surface area contributed by atoms with Crippen molar-refractivity contribution in [3.05, 3.63) is 212 Å². The van der Waals surface area contributed by atoms with Crippen LogP contribution in [0.1, 0.15) is 0 Å². The summed E-state index contributed by atoms with van der Waals surface area (Å²) in [7, 11) is 0. The molecule has 0 amide bonds. The van der Waals surface area contributed by atoms with Crippen molar-refractivity contribution < 1.29 is 0 Å². The smallest absolute Gasteiger partial charge is 0.164 e. The Balaban J connectivity index is 1.17. The summed E-state index contributed by atoms with van der Waals surface area (Å²) in [5.41, 5.74) is 10.0. The monoisotopic (exact) mass is 737 g/mol. The van der Waals surface area contributed by atoms with Gasteiger partial charge in [0.1, 0.15) is 0 Å². The molecule has 11 aromatic rings. The lowest BCUT2D eigenvalue weighted by molar-refractivity contribution is 1.08. The summed E-state index contributed by atoms with van der Waals surface area (Å²) in [6, 6.07) is 75.2. The number of benzene rings is 10. The Morgan fingerprint density at radius 3 is 1.22 bits per heavy atom. The van der Waals surface area contributed by atoms with Crippen molar-refractivity contribution in [2.24, 2.45) is 0 Å². The highest BCUT2D eigenvalue weighted by atomic mass is 15.0. The van der Waals surface area contributed by atoms with Gasteiger partial charge in [0.25, 0.3) is 0 Å². The third-order valence-electron chi connectivity index (χ3n) is 11.3. The predicted molar refractivity (Wildman–Crippen MR) is 242 cm³/mol. The highest BCUT2D eigenvalue weighted by Gasteiger charge is 2.21. The molecule has 0 aliphatic rings. The van der Waals surface area contributed by atoms with Crippen LogP contribution in [-0.4, -0.2) is 15.0 Å². The molecule has 11 rings (SSSR count). The Labute approximate surface area is 336 Å². The van der Waals surface area contributed by atoms with Gasteiger partial charge in [-0.1, -0.05) is 206 Å². The van der Waals surface area contributed by atoms with Crippen LogP contribution >= 0.6 is 0 Å². The molecule has 10 aromatic carbocycles. The maximum absolute atomic E-state index is 5.36. The van der Waals surface area contributed by atoms with Crippen molar-refractivity contribution >= 4 is 43.1 Å². The molecule has 0 saturated carbocycles. The van der Waals surface area contributed by atoms with Crippen molar-refractivity contribution in [1.82, 2.24) is 15.0 Å². The van der Waals surface area contributed by atoms with Crippen molar-refractivity contribution in [3.8, 4) is 67.5 Å².